The summed E-state index contributed by atoms with van der Waals surface area (Å²) < 4.78 is 4.91. The number of rotatable bonds is 3. The lowest BCUT2D eigenvalue weighted by atomic mass is 10.2. The Morgan fingerprint density at radius 1 is 0.846 bits per heavy atom. The topological polar surface area (TPSA) is 86.0 Å². The molecule has 0 saturated carbocycles. The number of nitrogens with zero attached hydrogens (tertiary/aromatic N) is 3. The van der Waals surface area contributed by atoms with Crippen LogP contribution in [-0.4, -0.2) is 22.1 Å². The molecule has 4 aromatic rings. The summed E-state index contributed by atoms with van der Waals surface area (Å²) in [5.74, 6) is 1.86. The quantitative estimate of drug-likeness (QED) is 0.583. The number of aromatic nitrogens is 3. The third-order valence-electron chi connectivity index (χ3n) is 3.54. The minimum absolute atomic E-state index is 0.255. The average Bonchev–Trinajstić information content (AvgIpc) is 2.70. The van der Waals surface area contributed by atoms with Crippen LogP contribution in [0.5, 0.6) is 5.75 Å². The maximum atomic E-state index is 5.70. The first-order valence-corrected chi connectivity index (χ1v) is 8.04. The van der Waals surface area contributed by atoms with Gasteiger partial charge in [0.2, 0.25) is 5.95 Å². The summed E-state index contributed by atoms with van der Waals surface area (Å²) in [5, 5.41) is 4.15. The van der Waals surface area contributed by atoms with Crippen LogP contribution in [0.15, 0.2) is 79.1 Å². The Morgan fingerprint density at radius 3 is 2.23 bits per heavy atom. The van der Waals surface area contributed by atoms with Gasteiger partial charge in [-0.15, -0.1) is 0 Å². The van der Waals surface area contributed by atoms with Crippen LogP contribution in [0.3, 0.4) is 0 Å². The molecule has 130 valence electrons. The number of para-hydroxylation sites is 2. The van der Waals surface area contributed by atoms with E-state index in [9.17, 15) is 0 Å². The molecule has 6 heteroatoms. The molecule has 0 aliphatic carbocycles. The molecule has 0 amide bonds. The Morgan fingerprint density at radius 2 is 1.54 bits per heavy atom. The summed E-state index contributed by atoms with van der Waals surface area (Å²) in [6, 6.07) is 21.1. The molecule has 2 heterocycles. The van der Waals surface area contributed by atoms with Crippen LogP contribution in [-0.2, 0) is 0 Å². The number of pyridine rings is 1. The van der Waals surface area contributed by atoms with Gasteiger partial charge in [-0.3, -0.25) is 4.98 Å². The summed E-state index contributed by atoms with van der Waals surface area (Å²) in [7, 11) is 1.66. The van der Waals surface area contributed by atoms with E-state index in [0.29, 0.717) is 5.82 Å². The maximum Gasteiger partial charge on any atom is 0.222 e. The van der Waals surface area contributed by atoms with Crippen molar-refractivity contribution >= 4 is 28.4 Å². The van der Waals surface area contributed by atoms with Crippen LogP contribution in [0.2, 0.25) is 0 Å². The number of methoxy groups -OCH3 is 1. The van der Waals surface area contributed by atoms with E-state index in [1.807, 2.05) is 66.7 Å². The smallest absolute Gasteiger partial charge is 0.222 e. The zero-order valence-corrected chi connectivity index (χ0v) is 14.3. The van der Waals surface area contributed by atoms with Crippen LogP contribution in [0, 0.1) is 0 Å². The van der Waals surface area contributed by atoms with Crippen molar-refractivity contribution in [2.75, 3.05) is 18.2 Å². The van der Waals surface area contributed by atoms with E-state index in [1.165, 1.54) is 0 Å². The van der Waals surface area contributed by atoms with Crippen molar-refractivity contribution in [1.82, 2.24) is 15.0 Å². The Balaban J connectivity index is 0.000000206. The summed E-state index contributed by atoms with van der Waals surface area (Å²) in [6.07, 6.45) is 3.43. The van der Waals surface area contributed by atoms with Gasteiger partial charge in [0.25, 0.3) is 0 Å². The number of benzene rings is 2. The zero-order chi connectivity index (χ0) is 18.2. The van der Waals surface area contributed by atoms with E-state index in [4.69, 9.17) is 10.5 Å². The summed E-state index contributed by atoms with van der Waals surface area (Å²) >= 11 is 0. The molecular formula is C20H19N5O. The number of anilines is 3. The number of hydrogen-bond donors (Lipinski definition) is 2. The molecule has 0 bridgehead atoms. The van der Waals surface area contributed by atoms with Crippen molar-refractivity contribution in [3.05, 3.63) is 79.1 Å². The fraction of sp³-hybridized carbons (Fsp3) is 0.0500. The molecule has 0 atom stereocenters. The van der Waals surface area contributed by atoms with E-state index < -0.39 is 0 Å². The second kappa shape index (κ2) is 8.43. The van der Waals surface area contributed by atoms with Gasteiger partial charge in [0.05, 0.1) is 12.6 Å². The predicted octanol–water partition coefficient (Wildman–Crippen LogP) is 4.05. The van der Waals surface area contributed by atoms with Gasteiger partial charge < -0.3 is 15.8 Å². The van der Waals surface area contributed by atoms with Crippen LogP contribution in [0.25, 0.3) is 10.9 Å². The molecule has 0 unspecified atom stereocenters. The minimum Gasteiger partial charge on any atom is -0.497 e. The van der Waals surface area contributed by atoms with Crippen molar-refractivity contribution in [1.29, 1.82) is 0 Å². The molecule has 2 aromatic carbocycles. The molecule has 3 N–H and O–H groups in total. The van der Waals surface area contributed by atoms with Crippen molar-refractivity contribution in [2.45, 2.75) is 0 Å². The lowest BCUT2D eigenvalue weighted by Crippen LogP contribution is -2.01. The highest BCUT2D eigenvalue weighted by atomic mass is 16.5. The Kier molecular flexibility index (Phi) is 5.57. The van der Waals surface area contributed by atoms with E-state index in [-0.39, 0.29) is 5.95 Å². The first-order chi connectivity index (χ1) is 12.8. The largest absolute Gasteiger partial charge is 0.497 e. The molecule has 0 spiro atoms. The lowest BCUT2D eigenvalue weighted by Gasteiger charge is -2.08. The van der Waals surface area contributed by atoms with Gasteiger partial charge in [0.1, 0.15) is 11.6 Å². The fourth-order valence-corrected chi connectivity index (χ4v) is 2.32. The van der Waals surface area contributed by atoms with E-state index in [0.717, 1.165) is 22.3 Å². The molecule has 0 fully saturated rings. The van der Waals surface area contributed by atoms with Gasteiger partial charge in [0.15, 0.2) is 0 Å². The maximum absolute atomic E-state index is 5.70. The normalized spacial score (nSPS) is 9.88. The molecule has 6 nitrogen and oxygen atoms in total. The van der Waals surface area contributed by atoms with Gasteiger partial charge in [-0.25, -0.2) is 4.98 Å². The predicted molar refractivity (Wildman–Crippen MR) is 104 cm³/mol. The highest BCUT2D eigenvalue weighted by Crippen LogP contribution is 2.23. The Hall–Kier alpha value is -3.67. The highest BCUT2D eigenvalue weighted by molar-refractivity contribution is 5.91. The van der Waals surface area contributed by atoms with E-state index >= 15 is 0 Å². The van der Waals surface area contributed by atoms with Crippen molar-refractivity contribution in [3.8, 4) is 5.75 Å². The number of nitrogen functional groups attached to an aromatic ring is 1. The summed E-state index contributed by atoms with van der Waals surface area (Å²) in [6.45, 7) is 0. The van der Waals surface area contributed by atoms with Gasteiger partial charge in [-0.05, 0) is 36.4 Å². The Labute approximate surface area is 151 Å². The number of nitrogens with two attached hydrogens (primary N) is 1. The van der Waals surface area contributed by atoms with Crippen molar-refractivity contribution < 1.29 is 4.74 Å². The third-order valence-corrected chi connectivity index (χ3v) is 3.54. The van der Waals surface area contributed by atoms with Crippen molar-refractivity contribution in [2.24, 2.45) is 0 Å². The summed E-state index contributed by atoms with van der Waals surface area (Å²) in [5.41, 5.74) is 7.44. The highest BCUT2D eigenvalue weighted by Gasteiger charge is 2.05. The molecule has 0 saturated heterocycles. The number of hydrogen-bond acceptors (Lipinski definition) is 6. The minimum atomic E-state index is 0.255. The van der Waals surface area contributed by atoms with Gasteiger partial charge >= 0.3 is 0 Å². The second-order valence-electron chi connectivity index (χ2n) is 5.33. The first-order valence-electron chi connectivity index (χ1n) is 8.04. The second-order valence-corrected chi connectivity index (χ2v) is 5.33. The molecule has 4 rings (SSSR count). The monoisotopic (exact) mass is 345 g/mol. The van der Waals surface area contributed by atoms with Gasteiger partial charge in [-0.2, -0.15) is 4.98 Å². The Bertz CT molecular complexity index is 961. The lowest BCUT2D eigenvalue weighted by molar-refractivity contribution is 0.415. The molecule has 26 heavy (non-hydrogen) atoms. The van der Waals surface area contributed by atoms with Crippen LogP contribution < -0.4 is 15.8 Å². The van der Waals surface area contributed by atoms with Crippen LogP contribution in [0.1, 0.15) is 0 Å². The average molecular weight is 345 g/mol. The third kappa shape index (κ3) is 4.45. The fourth-order valence-electron chi connectivity index (χ4n) is 2.32. The molecule has 2 aromatic heterocycles. The number of fused-ring (bicyclic) bond motifs is 1. The first kappa shape index (κ1) is 17.2. The SMILES string of the molecule is COc1ccccc1.Nc1nc(Nc2ccncc2)c2ccccc2n1. The van der Waals surface area contributed by atoms with Gasteiger partial charge in [0, 0.05) is 23.5 Å². The van der Waals surface area contributed by atoms with Crippen molar-refractivity contribution in [3.63, 3.8) is 0 Å². The zero-order valence-electron chi connectivity index (χ0n) is 14.3. The standard InChI is InChI=1S/C13H11N5.C7H8O/c14-13-17-11-4-2-1-3-10(11)12(18-13)16-9-5-7-15-8-6-9;1-8-7-5-3-2-4-6-7/h1-8H,(H3,14,15,16,17,18);2-6H,1H3. The molecule has 0 aliphatic rings. The number of ether oxygens (including phenoxy) is 1. The van der Waals surface area contributed by atoms with E-state index in [2.05, 4.69) is 20.3 Å². The molecule has 0 radical (unpaired) electrons. The molecule has 0 aliphatic heterocycles. The van der Waals surface area contributed by atoms with Crippen LogP contribution >= 0.6 is 0 Å². The summed E-state index contributed by atoms with van der Waals surface area (Å²) in [4.78, 5) is 12.4. The number of nitrogens with one attached hydrogen (secondary N) is 1. The molecular weight excluding hydrogens is 326 g/mol. The van der Waals surface area contributed by atoms with E-state index in [1.54, 1.807) is 19.5 Å². The van der Waals surface area contributed by atoms with Crippen LogP contribution in [0.4, 0.5) is 17.5 Å². The van der Waals surface area contributed by atoms with Gasteiger partial charge in [-0.1, -0.05) is 30.3 Å².